The van der Waals surface area contributed by atoms with E-state index in [9.17, 15) is 4.79 Å². The maximum Gasteiger partial charge on any atom is 0.220 e. The van der Waals surface area contributed by atoms with E-state index in [2.05, 4.69) is 48.1 Å². The lowest BCUT2D eigenvalue weighted by Gasteiger charge is -2.39. The minimum Gasteiger partial charge on any atom is -0.496 e. The van der Waals surface area contributed by atoms with Gasteiger partial charge in [-0.1, -0.05) is 6.07 Å². The van der Waals surface area contributed by atoms with Gasteiger partial charge < -0.3 is 15.0 Å². The fourth-order valence-electron chi connectivity index (χ4n) is 5.91. The average molecular weight is 414 g/mol. The number of amides is 1. The lowest BCUT2D eigenvalue weighted by molar-refractivity contribution is -0.123. The smallest absolute Gasteiger partial charge is 0.220 e. The Labute approximate surface area is 182 Å². The minimum absolute atomic E-state index is 0.282. The molecule has 2 atom stereocenters. The number of nitrogens with one attached hydrogen (secondary N) is 1. The fourth-order valence-corrected chi connectivity index (χ4v) is 5.91. The summed E-state index contributed by atoms with van der Waals surface area (Å²) < 4.78 is 5.48. The van der Waals surface area contributed by atoms with Crippen LogP contribution in [-0.2, 0) is 11.3 Å². The fraction of sp³-hybridized carbons (Fsp3) is 0.720. The monoisotopic (exact) mass is 413 g/mol. The SMILES string of the molecule is COc1ccc(CN2C3CCC2CC(NC(=O)CC2CCN(C)CC2)C3)c(C)c1C. The number of carbonyl (C=O) groups is 1. The molecule has 0 saturated carbocycles. The summed E-state index contributed by atoms with van der Waals surface area (Å²) in [4.78, 5) is 17.7. The maximum atomic E-state index is 12.7. The number of likely N-dealkylation sites (tertiary alicyclic amines) is 1. The molecule has 3 aliphatic rings. The average Bonchev–Trinajstić information content (AvgIpc) is 2.95. The quantitative estimate of drug-likeness (QED) is 0.773. The lowest BCUT2D eigenvalue weighted by Crippen LogP contribution is -2.50. The van der Waals surface area contributed by atoms with Crippen molar-refractivity contribution in [1.82, 2.24) is 15.1 Å². The van der Waals surface area contributed by atoms with Gasteiger partial charge in [0.2, 0.25) is 5.91 Å². The zero-order chi connectivity index (χ0) is 21.3. The van der Waals surface area contributed by atoms with Gasteiger partial charge in [-0.05, 0) is 101 Å². The van der Waals surface area contributed by atoms with Crippen LogP contribution in [0.5, 0.6) is 5.75 Å². The summed E-state index contributed by atoms with van der Waals surface area (Å²) in [5, 5.41) is 3.40. The number of carbonyl (C=O) groups excluding carboxylic acids is 1. The van der Waals surface area contributed by atoms with E-state index in [0.717, 1.165) is 51.1 Å². The molecule has 2 bridgehead atoms. The second kappa shape index (κ2) is 9.27. The number of piperidine rings is 2. The molecule has 3 saturated heterocycles. The second-order valence-electron chi connectivity index (χ2n) is 9.92. The first kappa shape index (κ1) is 21.6. The van der Waals surface area contributed by atoms with Crippen LogP contribution in [0, 0.1) is 19.8 Å². The van der Waals surface area contributed by atoms with E-state index in [1.165, 1.54) is 29.5 Å². The summed E-state index contributed by atoms with van der Waals surface area (Å²) >= 11 is 0. The van der Waals surface area contributed by atoms with Crippen molar-refractivity contribution < 1.29 is 9.53 Å². The van der Waals surface area contributed by atoms with Crippen LogP contribution in [0.15, 0.2) is 12.1 Å². The number of hydrogen-bond acceptors (Lipinski definition) is 4. The summed E-state index contributed by atoms with van der Waals surface area (Å²) in [5.74, 6) is 1.83. The molecule has 0 aliphatic carbocycles. The van der Waals surface area contributed by atoms with Crippen LogP contribution in [0.2, 0.25) is 0 Å². The normalized spacial score (nSPS) is 27.9. The Morgan fingerprint density at radius 2 is 1.73 bits per heavy atom. The highest BCUT2D eigenvalue weighted by Gasteiger charge is 2.41. The Hall–Kier alpha value is -1.59. The highest BCUT2D eigenvalue weighted by Crippen LogP contribution is 2.38. The summed E-state index contributed by atoms with van der Waals surface area (Å²) in [6.45, 7) is 7.64. The van der Waals surface area contributed by atoms with Crippen molar-refractivity contribution in [2.75, 3.05) is 27.2 Å². The van der Waals surface area contributed by atoms with Crippen LogP contribution < -0.4 is 10.1 Å². The van der Waals surface area contributed by atoms with E-state index in [0.29, 0.717) is 30.5 Å². The number of rotatable bonds is 6. The van der Waals surface area contributed by atoms with E-state index in [1.807, 2.05) is 0 Å². The van der Waals surface area contributed by atoms with E-state index in [1.54, 1.807) is 7.11 Å². The number of methoxy groups -OCH3 is 1. The van der Waals surface area contributed by atoms with Gasteiger partial charge in [-0.25, -0.2) is 0 Å². The first-order chi connectivity index (χ1) is 14.4. The molecule has 5 heteroatoms. The van der Waals surface area contributed by atoms with Crippen molar-refractivity contribution >= 4 is 5.91 Å². The molecule has 0 radical (unpaired) electrons. The molecule has 1 aromatic rings. The third-order valence-electron chi connectivity index (χ3n) is 7.98. The highest BCUT2D eigenvalue weighted by atomic mass is 16.5. The number of fused-ring (bicyclic) bond motifs is 2. The van der Waals surface area contributed by atoms with Gasteiger partial charge in [0, 0.05) is 31.1 Å². The first-order valence-electron chi connectivity index (χ1n) is 11.8. The first-order valence-corrected chi connectivity index (χ1v) is 11.8. The molecule has 0 spiro atoms. The Balaban J connectivity index is 1.31. The highest BCUT2D eigenvalue weighted by molar-refractivity contribution is 5.76. The Kier molecular flexibility index (Phi) is 6.69. The predicted molar refractivity (Wildman–Crippen MR) is 121 cm³/mol. The summed E-state index contributed by atoms with van der Waals surface area (Å²) in [7, 11) is 3.92. The van der Waals surface area contributed by atoms with Crippen LogP contribution in [0.3, 0.4) is 0 Å². The minimum atomic E-state index is 0.282. The van der Waals surface area contributed by atoms with Crippen molar-refractivity contribution in [2.45, 2.75) is 83.5 Å². The van der Waals surface area contributed by atoms with Crippen LogP contribution in [0.25, 0.3) is 0 Å². The number of hydrogen-bond donors (Lipinski definition) is 1. The Bertz CT molecular complexity index is 743. The van der Waals surface area contributed by atoms with E-state index < -0.39 is 0 Å². The van der Waals surface area contributed by atoms with Crippen LogP contribution in [0.4, 0.5) is 0 Å². The maximum absolute atomic E-state index is 12.7. The topological polar surface area (TPSA) is 44.8 Å². The molecule has 1 N–H and O–H groups in total. The van der Waals surface area contributed by atoms with E-state index in [4.69, 9.17) is 4.74 Å². The molecular formula is C25H39N3O2. The molecule has 1 aromatic carbocycles. The van der Waals surface area contributed by atoms with Crippen molar-refractivity contribution in [3.05, 3.63) is 28.8 Å². The van der Waals surface area contributed by atoms with Gasteiger partial charge in [-0.15, -0.1) is 0 Å². The number of ether oxygens (including phenoxy) is 1. The van der Waals surface area contributed by atoms with Gasteiger partial charge in [0.15, 0.2) is 0 Å². The molecule has 166 valence electrons. The van der Waals surface area contributed by atoms with Gasteiger partial charge in [-0.2, -0.15) is 0 Å². The summed E-state index contributed by atoms with van der Waals surface area (Å²) in [6, 6.07) is 5.89. The molecule has 5 nitrogen and oxygen atoms in total. The van der Waals surface area contributed by atoms with Gasteiger partial charge in [0.05, 0.1) is 7.11 Å². The molecule has 1 amide bonds. The zero-order valence-electron chi connectivity index (χ0n) is 19.2. The van der Waals surface area contributed by atoms with Crippen molar-refractivity contribution in [3.8, 4) is 5.75 Å². The number of benzene rings is 1. The standard InChI is InChI=1S/C25H39N3O2/c1-17-18(2)24(30-4)8-5-20(17)16-28-22-6-7-23(28)15-21(14-22)26-25(29)13-19-9-11-27(3)12-10-19/h5,8,19,21-23H,6-7,9-16H2,1-4H3,(H,26,29). The third kappa shape index (κ3) is 4.67. The summed E-state index contributed by atoms with van der Waals surface area (Å²) in [6.07, 6.45) is 7.77. The van der Waals surface area contributed by atoms with Crippen molar-refractivity contribution in [3.63, 3.8) is 0 Å². The summed E-state index contributed by atoms with van der Waals surface area (Å²) in [5.41, 5.74) is 4.01. The Morgan fingerprint density at radius 1 is 1.07 bits per heavy atom. The third-order valence-corrected chi connectivity index (χ3v) is 7.98. The van der Waals surface area contributed by atoms with Crippen molar-refractivity contribution in [2.24, 2.45) is 5.92 Å². The number of nitrogens with zero attached hydrogens (tertiary/aromatic N) is 2. The predicted octanol–water partition coefficient (Wildman–Crippen LogP) is 3.66. The molecule has 3 heterocycles. The molecule has 3 fully saturated rings. The molecule has 0 aromatic heterocycles. The molecule has 30 heavy (non-hydrogen) atoms. The lowest BCUT2D eigenvalue weighted by atomic mass is 9.92. The largest absolute Gasteiger partial charge is 0.496 e. The van der Waals surface area contributed by atoms with Gasteiger partial charge in [0.25, 0.3) is 0 Å². The van der Waals surface area contributed by atoms with E-state index >= 15 is 0 Å². The molecule has 3 aliphatic heterocycles. The Morgan fingerprint density at radius 3 is 2.37 bits per heavy atom. The second-order valence-corrected chi connectivity index (χ2v) is 9.92. The molecule has 2 unspecified atom stereocenters. The zero-order valence-corrected chi connectivity index (χ0v) is 19.2. The van der Waals surface area contributed by atoms with Crippen LogP contribution in [0.1, 0.15) is 61.6 Å². The van der Waals surface area contributed by atoms with Crippen LogP contribution in [-0.4, -0.2) is 61.1 Å². The van der Waals surface area contributed by atoms with Crippen LogP contribution >= 0.6 is 0 Å². The molecular weight excluding hydrogens is 374 g/mol. The van der Waals surface area contributed by atoms with Gasteiger partial charge in [-0.3, -0.25) is 9.69 Å². The molecule has 4 rings (SSSR count). The van der Waals surface area contributed by atoms with Crippen molar-refractivity contribution in [1.29, 1.82) is 0 Å². The van der Waals surface area contributed by atoms with E-state index in [-0.39, 0.29) is 5.91 Å². The van der Waals surface area contributed by atoms with Gasteiger partial charge >= 0.3 is 0 Å². The van der Waals surface area contributed by atoms with Gasteiger partial charge in [0.1, 0.15) is 5.75 Å².